The van der Waals surface area contributed by atoms with Crippen molar-refractivity contribution in [3.63, 3.8) is 0 Å². The quantitative estimate of drug-likeness (QED) is 0.893. The lowest BCUT2D eigenvalue weighted by Crippen LogP contribution is -2.25. The number of anilines is 1. The van der Waals surface area contributed by atoms with Gasteiger partial charge in [0.25, 0.3) is 0 Å². The lowest BCUT2D eigenvalue weighted by atomic mass is 10.0. The molecule has 5 nitrogen and oxygen atoms in total. The number of carbonyl (C=O) groups excluding carboxylic acids is 1. The summed E-state index contributed by atoms with van der Waals surface area (Å²) in [7, 11) is 1.69. The van der Waals surface area contributed by atoms with Crippen LogP contribution in [0.4, 0.5) is 5.82 Å². The van der Waals surface area contributed by atoms with Crippen molar-refractivity contribution in [1.29, 1.82) is 0 Å². The van der Waals surface area contributed by atoms with Crippen molar-refractivity contribution in [3.05, 3.63) is 17.1 Å². The fourth-order valence-corrected chi connectivity index (χ4v) is 2.61. The lowest BCUT2D eigenvalue weighted by molar-refractivity contribution is -0.121. The first-order chi connectivity index (χ1) is 9.01. The summed E-state index contributed by atoms with van der Waals surface area (Å²) in [6.45, 7) is 7.89. The Labute approximate surface area is 114 Å². The molecule has 2 heterocycles. The Balaban J connectivity index is 2.11. The van der Waals surface area contributed by atoms with Crippen molar-refractivity contribution in [1.82, 2.24) is 15.3 Å². The Bertz CT molecular complexity index is 487. The first-order valence-corrected chi connectivity index (χ1v) is 6.78. The van der Waals surface area contributed by atoms with Crippen molar-refractivity contribution in [3.8, 4) is 0 Å². The van der Waals surface area contributed by atoms with Gasteiger partial charge in [-0.1, -0.05) is 0 Å². The number of nitrogens with zero attached hydrogens (tertiary/aromatic N) is 3. The highest BCUT2D eigenvalue weighted by Gasteiger charge is 2.26. The summed E-state index contributed by atoms with van der Waals surface area (Å²) in [4.78, 5) is 22.7. The zero-order valence-corrected chi connectivity index (χ0v) is 12.2. The van der Waals surface area contributed by atoms with Crippen LogP contribution in [0, 0.1) is 26.7 Å². The number of rotatable bonds is 3. The molecule has 0 unspecified atom stereocenters. The fourth-order valence-electron chi connectivity index (χ4n) is 2.61. The molecule has 1 N–H and O–H groups in total. The monoisotopic (exact) mass is 262 g/mol. The molecule has 1 aliphatic rings. The smallest absolute Gasteiger partial charge is 0.220 e. The van der Waals surface area contributed by atoms with Crippen LogP contribution in [-0.4, -0.2) is 36.0 Å². The zero-order chi connectivity index (χ0) is 14.0. The van der Waals surface area contributed by atoms with E-state index in [0.717, 1.165) is 42.4 Å². The third kappa shape index (κ3) is 3.03. The Hall–Kier alpha value is -1.65. The highest BCUT2D eigenvalue weighted by molar-refractivity contribution is 5.76. The molecule has 1 aromatic heterocycles. The average Bonchev–Trinajstić information content (AvgIpc) is 2.81. The van der Waals surface area contributed by atoms with Gasteiger partial charge in [-0.2, -0.15) is 0 Å². The van der Waals surface area contributed by atoms with Crippen molar-refractivity contribution >= 4 is 11.7 Å². The van der Waals surface area contributed by atoms with Gasteiger partial charge in [-0.05, 0) is 33.1 Å². The fraction of sp³-hybridized carbons (Fsp3) is 0.643. The number of carbonyl (C=O) groups is 1. The molecule has 1 aromatic rings. The van der Waals surface area contributed by atoms with Crippen LogP contribution in [-0.2, 0) is 4.79 Å². The SMILES string of the molecule is CNC(=O)C[C@@H]1CCN(c2nc(C)nc(C)c2C)C1. The molecule has 0 aliphatic carbocycles. The van der Waals surface area contributed by atoms with Gasteiger partial charge >= 0.3 is 0 Å². The van der Waals surface area contributed by atoms with E-state index in [1.807, 2.05) is 13.8 Å². The van der Waals surface area contributed by atoms with Gasteiger partial charge in [0.2, 0.25) is 5.91 Å². The van der Waals surface area contributed by atoms with Crippen LogP contribution in [0.15, 0.2) is 0 Å². The average molecular weight is 262 g/mol. The van der Waals surface area contributed by atoms with Gasteiger partial charge < -0.3 is 10.2 Å². The minimum Gasteiger partial charge on any atom is -0.359 e. The number of hydrogen-bond donors (Lipinski definition) is 1. The van der Waals surface area contributed by atoms with E-state index < -0.39 is 0 Å². The topological polar surface area (TPSA) is 58.1 Å². The normalized spacial score (nSPS) is 18.7. The summed E-state index contributed by atoms with van der Waals surface area (Å²) in [5.41, 5.74) is 2.18. The first-order valence-electron chi connectivity index (χ1n) is 6.78. The largest absolute Gasteiger partial charge is 0.359 e. The summed E-state index contributed by atoms with van der Waals surface area (Å²) >= 11 is 0. The Kier molecular flexibility index (Phi) is 4.02. The third-order valence-corrected chi connectivity index (χ3v) is 3.81. The van der Waals surface area contributed by atoms with E-state index in [2.05, 4.69) is 27.1 Å². The maximum Gasteiger partial charge on any atom is 0.220 e. The van der Waals surface area contributed by atoms with E-state index in [1.165, 1.54) is 0 Å². The van der Waals surface area contributed by atoms with Gasteiger partial charge in [-0.25, -0.2) is 9.97 Å². The van der Waals surface area contributed by atoms with E-state index in [9.17, 15) is 4.79 Å². The molecule has 0 bridgehead atoms. The highest BCUT2D eigenvalue weighted by atomic mass is 16.1. The molecule has 0 spiro atoms. The van der Waals surface area contributed by atoms with Crippen LogP contribution in [0.5, 0.6) is 0 Å². The third-order valence-electron chi connectivity index (χ3n) is 3.81. The molecule has 5 heteroatoms. The number of aromatic nitrogens is 2. The van der Waals surface area contributed by atoms with Crippen LogP contribution in [0.25, 0.3) is 0 Å². The molecule has 1 aliphatic heterocycles. The van der Waals surface area contributed by atoms with Crippen molar-refractivity contribution in [2.45, 2.75) is 33.6 Å². The van der Waals surface area contributed by atoms with E-state index in [4.69, 9.17) is 0 Å². The zero-order valence-electron chi connectivity index (χ0n) is 12.2. The second kappa shape index (κ2) is 5.55. The van der Waals surface area contributed by atoms with Crippen LogP contribution in [0.1, 0.15) is 29.9 Å². The van der Waals surface area contributed by atoms with Crippen molar-refractivity contribution in [2.24, 2.45) is 5.92 Å². The van der Waals surface area contributed by atoms with E-state index in [0.29, 0.717) is 12.3 Å². The maximum atomic E-state index is 11.4. The lowest BCUT2D eigenvalue weighted by Gasteiger charge is -2.20. The Morgan fingerprint density at radius 3 is 2.79 bits per heavy atom. The predicted molar refractivity (Wildman–Crippen MR) is 75.2 cm³/mol. The summed E-state index contributed by atoms with van der Waals surface area (Å²) in [6.07, 6.45) is 1.66. The Morgan fingerprint density at radius 2 is 2.11 bits per heavy atom. The first kappa shape index (κ1) is 13.8. The molecule has 1 atom stereocenters. The molecule has 1 saturated heterocycles. The molecule has 0 radical (unpaired) electrons. The summed E-state index contributed by atoms with van der Waals surface area (Å²) in [5.74, 6) is 2.39. The van der Waals surface area contributed by atoms with E-state index in [-0.39, 0.29) is 5.91 Å². The van der Waals surface area contributed by atoms with Crippen LogP contribution < -0.4 is 10.2 Å². The molecule has 2 rings (SSSR count). The van der Waals surface area contributed by atoms with Gasteiger partial charge in [0, 0.05) is 37.8 Å². The Morgan fingerprint density at radius 1 is 1.37 bits per heavy atom. The maximum absolute atomic E-state index is 11.4. The van der Waals surface area contributed by atoms with Gasteiger partial charge in [0.15, 0.2) is 0 Å². The number of nitrogens with one attached hydrogen (secondary N) is 1. The number of hydrogen-bond acceptors (Lipinski definition) is 4. The van der Waals surface area contributed by atoms with Crippen molar-refractivity contribution in [2.75, 3.05) is 25.0 Å². The van der Waals surface area contributed by atoms with Gasteiger partial charge in [0.1, 0.15) is 11.6 Å². The minimum absolute atomic E-state index is 0.124. The van der Waals surface area contributed by atoms with Gasteiger partial charge in [-0.3, -0.25) is 4.79 Å². The van der Waals surface area contributed by atoms with E-state index >= 15 is 0 Å². The molecule has 104 valence electrons. The molecule has 0 saturated carbocycles. The standard InChI is InChI=1S/C14H22N4O/c1-9-10(2)16-11(3)17-14(9)18-6-5-12(8-18)7-13(19)15-4/h12H,5-8H2,1-4H3,(H,15,19)/t12-/m0/s1. The van der Waals surface area contributed by atoms with Gasteiger partial charge in [-0.15, -0.1) is 0 Å². The molecular weight excluding hydrogens is 240 g/mol. The summed E-state index contributed by atoms with van der Waals surface area (Å²) < 4.78 is 0. The van der Waals surface area contributed by atoms with Crippen molar-refractivity contribution < 1.29 is 4.79 Å². The second-order valence-corrected chi connectivity index (χ2v) is 5.28. The van der Waals surface area contributed by atoms with Crippen LogP contribution >= 0.6 is 0 Å². The molecule has 0 aromatic carbocycles. The predicted octanol–water partition coefficient (Wildman–Crippen LogP) is 1.36. The number of aryl methyl sites for hydroxylation is 2. The molecule has 19 heavy (non-hydrogen) atoms. The van der Waals surface area contributed by atoms with Crippen LogP contribution in [0.3, 0.4) is 0 Å². The minimum atomic E-state index is 0.124. The summed E-state index contributed by atoms with van der Waals surface area (Å²) in [5, 5.41) is 2.69. The summed E-state index contributed by atoms with van der Waals surface area (Å²) in [6, 6.07) is 0. The van der Waals surface area contributed by atoms with E-state index in [1.54, 1.807) is 7.05 Å². The second-order valence-electron chi connectivity index (χ2n) is 5.28. The molecule has 1 amide bonds. The molecular formula is C14H22N4O. The highest BCUT2D eigenvalue weighted by Crippen LogP contribution is 2.27. The van der Waals surface area contributed by atoms with Gasteiger partial charge in [0.05, 0.1) is 0 Å². The molecule has 1 fully saturated rings. The van der Waals surface area contributed by atoms with Crippen LogP contribution in [0.2, 0.25) is 0 Å². The number of amides is 1.